The van der Waals surface area contributed by atoms with Crippen LogP contribution in [-0.4, -0.2) is 37.6 Å². The highest BCUT2D eigenvalue weighted by Gasteiger charge is 2.47. The van der Waals surface area contributed by atoms with E-state index >= 15 is 35.1 Å². The molecule has 0 unspecified atom stereocenters. The van der Waals surface area contributed by atoms with Crippen molar-refractivity contribution in [1.82, 2.24) is 9.38 Å². The number of hydrogen-bond acceptors (Lipinski definition) is 1. The van der Waals surface area contributed by atoms with Gasteiger partial charge in [0.15, 0.2) is 69.8 Å². The van der Waals surface area contributed by atoms with Gasteiger partial charge in [-0.3, -0.25) is 4.48 Å². The van der Waals surface area contributed by atoms with Gasteiger partial charge < -0.3 is 4.90 Å². The average Bonchev–Trinajstić information content (AvgIpc) is 3.33. The van der Waals surface area contributed by atoms with Crippen LogP contribution in [0.3, 0.4) is 0 Å². The van der Waals surface area contributed by atoms with Gasteiger partial charge in [0.25, 0.3) is 0 Å². The number of halogens is 20. The maximum Gasteiger partial charge on any atom is 0.226 e. The quantitative estimate of drug-likeness (QED) is 0.0412. The fraction of sp³-hybridized carbons (Fsp3) is 0.348. The normalized spacial score (nSPS) is 11.8. The van der Waals surface area contributed by atoms with Crippen LogP contribution in [0.1, 0.15) is 73.1 Å². The minimum absolute atomic E-state index is 0.0430. The fourth-order valence-electron chi connectivity index (χ4n) is 7.61. The Morgan fingerprint density at radius 2 is 0.574 bits per heavy atom. The topological polar surface area (TPSA) is 3.24 Å². The van der Waals surface area contributed by atoms with E-state index in [9.17, 15) is 52.7 Å². The summed E-state index contributed by atoms with van der Waals surface area (Å²) in [5.41, 5.74) is -18.0. The van der Waals surface area contributed by atoms with Crippen LogP contribution in [0.2, 0.25) is 0 Å². The van der Waals surface area contributed by atoms with Gasteiger partial charge in [0.05, 0.1) is 35.3 Å². The molecule has 22 heteroatoms. The molecular weight excluding hydrogens is 960 g/mol. The summed E-state index contributed by atoms with van der Waals surface area (Å²) in [5, 5.41) is 0. The molecule has 0 aliphatic heterocycles. The molecule has 0 aromatic heterocycles. The lowest BCUT2D eigenvalue weighted by Crippen LogP contribution is -2.46. The summed E-state index contributed by atoms with van der Waals surface area (Å²) >= 11 is 0. The standard InChI is InChI=1S/C34H12F20N.C12H27N/c1-3-55(4-2,34-32(53)30(51)29(50)31(52)33(34)54)8-6-5-7(10-14(35)20(41)26(47)21(42)15(10)36)9(12-16(37)22(43)27(48)23(44)17(12)38)11(8)13-18(39)24(45)28(49)25(46)19(13)40;1-4-7-10-13(11-8-5-2)12-9-6-3/h5-6H,3-4H2,1-2H3;4-12H2,1-3H3/q+1;. The van der Waals surface area contributed by atoms with E-state index in [0.717, 1.165) is 13.8 Å². The van der Waals surface area contributed by atoms with Crippen LogP contribution < -0.4 is 4.48 Å². The van der Waals surface area contributed by atoms with Crippen LogP contribution in [0.5, 0.6) is 0 Å². The molecule has 0 saturated carbocycles. The minimum Gasteiger partial charge on any atom is -0.303 e. The summed E-state index contributed by atoms with van der Waals surface area (Å²) in [7, 11) is 0. The summed E-state index contributed by atoms with van der Waals surface area (Å²) < 4.78 is 297. The fourth-order valence-corrected chi connectivity index (χ4v) is 7.61. The maximum absolute atomic E-state index is 15.8. The van der Waals surface area contributed by atoms with E-state index < -0.39 is 179 Å². The largest absolute Gasteiger partial charge is 0.303 e. The number of benzene rings is 5. The van der Waals surface area contributed by atoms with Crippen LogP contribution in [0.15, 0.2) is 12.1 Å². The Balaban J connectivity index is 0.000000675. The van der Waals surface area contributed by atoms with Crippen molar-refractivity contribution in [3.05, 3.63) is 128 Å². The molecular formula is C46H39F20N2+. The van der Waals surface area contributed by atoms with Crippen LogP contribution in [0, 0.1) is 116 Å². The number of nitrogens with zero attached hydrogens (tertiary/aromatic N) is 2. The zero-order valence-corrected chi connectivity index (χ0v) is 36.4. The Labute approximate surface area is 376 Å². The minimum atomic E-state index is -3.10. The zero-order valence-electron chi connectivity index (χ0n) is 36.4. The van der Waals surface area contributed by atoms with Gasteiger partial charge in [-0.2, -0.15) is 8.78 Å². The molecule has 0 radical (unpaired) electrons. The van der Waals surface area contributed by atoms with E-state index in [4.69, 9.17) is 0 Å². The highest BCUT2D eigenvalue weighted by atomic mass is 19.2. The predicted molar refractivity (Wildman–Crippen MR) is 212 cm³/mol. The lowest BCUT2D eigenvalue weighted by Gasteiger charge is -2.38. The van der Waals surface area contributed by atoms with Gasteiger partial charge in [-0.15, -0.1) is 0 Å². The Morgan fingerprint density at radius 1 is 0.309 bits per heavy atom. The van der Waals surface area contributed by atoms with Crippen molar-refractivity contribution in [2.75, 3.05) is 32.7 Å². The smallest absolute Gasteiger partial charge is 0.226 e. The van der Waals surface area contributed by atoms with Crippen molar-refractivity contribution in [3.63, 3.8) is 0 Å². The SMILES string of the molecule is CCCCN(CCCC)CCCC.CC[N+](CC)(c1ccc(-c2c(F)c(F)c(F)c(F)c2F)c(-c2c(F)c(F)c(F)c(F)c2F)c1-c1c(F)c(F)c(F)c(F)c1F)c1c(F)c(F)c(F)c(F)c1F. The third kappa shape index (κ3) is 9.63. The molecule has 68 heavy (non-hydrogen) atoms. The van der Waals surface area contributed by atoms with Gasteiger partial charge in [-0.1, -0.05) is 40.0 Å². The van der Waals surface area contributed by atoms with Crippen LogP contribution >= 0.6 is 0 Å². The first-order chi connectivity index (χ1) is 31.9. The van der Waals surface area contributed by atoms with Crippen molar-refractivity contribution in [2.24, 2.45) is 0 Å². The molecule has 5 rings (SSSR count). The summed E-state index contributed by atoms with van der Waals surface area (Å²) in [5.74, 6) is -59.3. The number of rotatable bonds is 16. The Morgan fingerprint density at radius 3 is 0.868 bits per heavy atom. The van der Waals surface area contributed by atoms with E-state index in [1.165, 1.54) is 58.2 Å². The van der Waals surface area contributed by atoms with Crippen LogP contribution in [0.4, 0.5) is 99.2 Å². The molecule has 0 bridgehead atoms. The second kappa shape index (κ2) is 22.4. The van der Waals surface area contributed by atoms with Gasteiger partial charge in [0.1, 0.15) is 5.69 Å². The lowest BCUT2D eigenvalue weighted by molar-refractivity contribution is 0.261. The Hall–Kier alpha value is -5.38. The van der Waals surface area contributed by atoms with Crippen molar-refractivity contribution < 1.29 is 87.8 Å². The lowest BCUT2D eigenvalue weighted by atomic mass is 9.83. The molecule has 0 heterocycles. The number of unbranched alkanes of at least 4 members (excludes halogenated alkanes) is 3. The number of hydrogen-bond donors (Lipinski definition) is 0. The molecule has 0 amide bonds. The Kier molecular flexibility index (Phi) is 18.2. The third-order valence-electron chi connectivity index (χ3n) is 11.2. The van der Waals surface area contributed by atoms with Crippen molar-refractivity contribution in [2.45, 2.75) is 73.1 Å². The summed E-state index contributed by atoms with van der Waals surface area (Å²) in [6, 6.07) is -0.0394. The molecule has 0 N–H and O–H groups in total. The van der Waals surface area contributed by atoms with E-state index in [1.807, 2.05) is 0 Å². The summed E-state index contributed by atoms with van der Waals surface area (Å²) in [6.45, 7) is 9.93. The average molecular weight is 1000 g/mol. The first kappa shape index (κ1) is 55.2. The van der Waals surface area contributed by atoms with Gasteiger partial charge >= 0.3 is 0 Å². The first-order valence-corrected chi connectivity index (χ1v) is 20.8. The molecule has 2 nitrogen and oxygen atoms in total. The first-order valence-electron chi connectivity index (χ1n) is 20.8. The summed E-state index contributed by atoms with van der Waals surface area (Å²) in [6.07, 6.45) is 8.09. The molecule has 0 aliphatic carbocycles. The molecule has 5 aromatic rings. The molecule has 0 atom stereocenters. The van der Waals surface area contributed by atoms with Crippen LogP contribution in [-0.2, 0) is 0 Å². The van der Waals surface area contributed by atoms with Gasteiger partial charge in [-0.05, 0) is 64.4 Å². The summed E-state index contributed by atoms with van der Waals surface area (Å²) in [4.78, 5) is 2.64. The van der Waals surface area contributed by atoms with Gasteiger partial charge in [0.2, 0.25) is 52.2 Å². The third-order valence-corrected chi connectivity index (χ3v) is 11.2. The zero-order chi connectivity index (χ0) is 51.4. The molecule has 5 aromatic carbocycles. The second-order valence-electron chi connectivity index (χ2n) is 15.1. The highest BCUT2D eigenvalue weighted by molar-refractivity contribution is 6.01. The van der Waals surface area contributed by atoms with E-state index in [1.54, 1.807) is 0 Å². The molecule has 372 valence electrons. The van der Waals surface area contributed by atoms with Gasteiger partial charge in [0, 0.05) is 11.6 Å². The molecule has 0 spiro atoms. The molecule has 0 aliphatic rings. The van der Waals surface area contributed by atoms with Crippen molar-refractivity contribution in [3.8, 4) is 33.4 Å². The maximum atomic E-state index is 15.8. The predicted octanol–water partition coefficient (Wildman–Crippen LogP) is 15.8. The van der Waals surface area contributed by atoms with Crippen LogP contribution in [0.25, 0.3) is 33.4 Å². The van der Waals surface area contributed by atoms with E-state index in [2.05, 4.69) is 25.7 Å². The van der Waals surface area contributed by atoms with Gasteiger partial charge in [-0.25, -0.2) is 79.0 Å². The van der Waals surface area contributed by atoms with Crippen molar-refractivity contribution in [1.29, 1.82) is 0 Å². The van der Waals surface area contributed by atoms with E-state index in [0.29, 0.717) is 0 Å². The van der Waals surface area contributed by atoms with E-state index in [-0.39, 0.29) is 12.1 Å². The highest BCUT2D eigenvalue weighted by Crippen LogP contribution is 2.54. The monoisotopic (exact) mass is 999 g/mol. The van der Waals surface area contributed by atoms with Crippen molar-refractivity contribution >= 4 is 11.4 Å². The molecule has 0 saturated heterocycles. The second-order valence-corrected chi connectivity index (χ2v) is 15.1. The number of quaternary nitrogens is 1. The Bertz CT molecular complexity index is 2560. The molecule has 0 fully saturated rings.